The van der Waals surface area contributed by atoms with Crippen LogP contribution in [0.4, 0.5) is 16.3 Å². The van der Waals surface area contributed by atoms with Gasteiger partial charge in [0.1, 0.15) is 0 Å². The number of aromatic nitrogens is 2. The van der Waals surface area contributed by atoms with E-state index in [-0.39, 0.29) is 6.03 Å². The van der Waals surface area contributed by atoms with Gasteiger partial charge in [-0.2, -0.15) is 5.10 Å². The largest absolute Gasteiger partial charge is 0.324 e. The topological polar surface area (TPSA) is 69.8 Å². The molecule has 0 atom stereocenters. The molecular formula is C14H12N4O. The molecule has 1 heterocycles. The number of hydrogen-bond acceptors (Lipinski definition) is 2. The lowest BCUT2D eigenvalue weighted by molar-refractivity contribution is 0.262. The normalized spacial score (nSPS) is 10.3. The molecule has 0 saturated carbocycles. The molecule has 0 unspecified atom stereocenters. The summed E-state index contributed by atoms with van der Waals surface area (Å²) in [7, 11) is 0. The standard InChI is InChI=1S/C14H12N4O/c19-14(15-10-6-2-1-3-7-10)16-13-11-8-4-5-9-12(11)17-18-13/h1-9H,(H3,15,16,17,18,19). The number of carbonyl (C=O) groups excluding carboxylic acids is 1. The molecule has 2 aromatic carbocycles. The monoisotopic (exact) mass is 252 g/mol. The van der Waals surface area contributed by atoms with Crippen LogP contribution in [0.15, 0.2) is 54.6 Å². The van der Waals surface area contributed by atoms with Crippen molar-refractivity contribution in [1.82, 2.24) is 10.2 Å². The average Bonchev–Trinajstić information content (AvgIpc) is 2.83. The van der Waals surface area contributed by atoms with Crippen molar-refractivity contribution in [2.24, 2.45) is 0 Å². The molecule has 94 valence electrons. The highest BCUT2D eigenvalue weighted by Crippen LogP contribution is 2.19. The van der Waals surface area contributed by atoms with E-state index in [2.05, 4.69) is 20.8 Å². The lowest BCUT2D eigenvalue weighted by atomic mass is 10.2. The minimum Gasteiger partial charge on any atom is -0.308 e. The molecule has 0 fully saturated rings. The third-order valence-corrected chi connectivity index (χ3v) is 2.73. The summed E-state index contributed by atoms with van der Waals surface area (Å²) in [4.78, 5) is 11.8. The number of para-hydroxylation sites is 2. The van der Waals surface area contributed by atoms with Crippen LogP contribution in [0.1, 0.15) is 0 Å². The molecule has 0 radical (unpaired) electrons. The van der Waals surface area contributed by atoms with E-state index in [4.69, 9.17) is 0 Å². The van der Waals surface area contributed by atoms with Crippen LogP contribution < -0.4 is 10.6 Å². The highest BCUT2D eigenvalue weighted by molar-refractivity contribution is 6.04. The Labute approximate surface area is 109 Å². The van der Waals surface area contributed by atoms with Gasteiger partial charge in [-0.25, -0.2) is 4.79 Å². The highest BCUT2D eigenvalue weighted by atomic mass is 16.2. The van der Waals surface area contributed by atoms with Crippen molar-refractivity contribution in [3.63, 3.8) is 0 Å². The van der Waals surface area contributed by atoms with E-state index in [9.17, 15) is 4.79 Å². The van der Waals surface area contributed by atoms with Gasteiger partial charge >= 0.3 is 6.03 Å². The molecule has 0 spiro atoms. The van der Waals surface area contributed by atoms with Gasteiger partial charge in [0.25, 0.3) is 0 Å². The molecule has 0 aliphatic carbocycles. The first-order chi connectivity index (χ1) is 9.33. The van der Waals surface area contributed by atoms with Gasteiger partial charge in [0.05, 0.1) is 5.52 Å². The molecule has 3 aromatic rings. The molecule has 5 heteroatoms. The van der Waals surface area contributed by atoms with Gasteiger partial charge in [-0.15, -0.1) is 0 Å². The van der Waals surface area contributed by atoms with Crippen molar-refractivity contribution in [1.29, 1.82) is 0 Å². The van der Waals surface area contributed by atoms with Crippen LogP contribution in [-0.2, 0) is 0 Å². The molecule has 3 rings (SSSR count). The maximum atomic E-state index is 11.8. The Bertz CT molecular complexity index is 706. The van der Waals surface area contributed by atoms with Crippen LogP contribution in [-0.4, -0.2) is 16.2 Å². The van der Waals surface area contributed by atoms with E-state index in [1.165, 1.54) is 0 Å². The Balaban J connectivity index is 1.76. The zero-order chi connectivity index (χ0) is 13.1. The van der Waals surface area contributed by atoms with Crippen LogP contribution in [0.5, 0.6) is 0 Å². The van der Waals surface area contributed by atoms with Crippen molar-refractivity contribution >= 4 is 28.4 Å². The van der Waals surface area contributed by atoms with Gasteiger partial charge in [-0.1, -0.05) is 30.3 Å². The number of benzene rings is 2. The minimum absolute atomic E-state index is 0.316. The maximum absolute atomic E-state index is 11.8. The first kappa shape index (κ1) is 11.3. The number of amides is 2. The fourth-order valence-corrected chi connectivity index (χ4v) is 1.85. The number of anilines is 2. The molecule has 0 aliphatic rings. The summed E-state index contributed by atoms with van der Waals surface area (Å²) >= 11 is 0. The first-order valence-electron chi connectivity index (χ1n) is 5.89. The predicted molar refractivity (Wildman–Crippen MR) is 75.2 cm³/mol. The van der Waals surface area contributed by atoms with E-state index in [1.54, 1.807) is 0 Å². The first-order valence-corrected chi connectivity index (χ1v) is 5.89. The number of aromatic amines is 1. The van der Waals surface area contributed by atoms with Crippen LogP contribution in [0.25, 0.3) is 10.9 Å². The second-order valence-corrected chi connectivity index (χ2v) is 4.06. The van der Waals surface area contributed by atoms with Crippen molar-refractivity contribution in [3.8, 4) is 0 Å². The summed E-state index contributed by atoms with van der Waals surface area (Å²) in [6, 6.07) is 16.6. The maximum Gasteiger partial charge on any atom is 0.324 e. The summed E-state index contributed by atoms with van der Waals surface area (Å²) in [5.74, 6) is 0.518. The summed E-state index contributed by atoms with van der Waals surface area (Å²) in [6.45, 7) is 0. The van der Waals surface area contributed by atoms with Crippen LogP contribution in [0, 0.1) is 0 Å². The molecule has 1 aromatic heterocycles. The zero-order valence-electron chi connectivity index (χ0n) is 10.1. The third-order valence-electron chi connectivity index (χ3n) is 2.73. The van der Waals surface area contributed by atoms with Crippen molar-refractivity contribution in [2.75, 3.05) is 10.6 Å². The second kappa shape index (κ2) is 4.81. The molecule has 5 nitrogen and oxygen atoms in total. The minimum atomic E-state index is -0.316. The molecule has 3 N–H and O–H groups in total. The number of H-pyrrole nitrogens is 1. The fourth-order valence-electron chi connectivity index (χ4n) is 1.85. The van der Waals surface area contributed by atoms with Gasteiger partial charge in [-0.3, -0.25) is 10.4 Å². The number of carbonyl (C=O) groups is 1. The Kier molecular flexibility index (Phi) is 2.86. The molecular weight excluding hydrogens is 240 g/mol. The molecule has 2 amide bonds. The van der Waals surface area contributed by atoms with Crippen LogP contribution >= 0.6 is 0 Å². The number of urea groups is 1. The second-order valence-electron chi connectivity index (χ2n) is 4.06. The van der Waals surface area contributed by atoms with E-state index in [0.717, 1.165) is 16.6 Å². The van der Waals surface area contributed by atoms with E-state index in [1.807, 2.05) is 54.6 Å². The van der Waals surface area contributed by atoms with Crippen molar-refractivity contribution < 1.29 is 4.79 Å². The van der Waals surface area contributed by atoms with Crippen molar-refractivity contribution in [3.05, 3.63) is 54.6 Å². The number of hydrogen-bond donors (Lipinski definition) is 3. The van der Waals surface area contributed by atoms with Crippen LogP contribution in [0.2, 0.25) is 0 Å². The molecule has 0 bridgehead atoms. The van der Waals surface area contributed by atoms with Gasteiger partial charge in [0.2, 0.25) is 0 Å². The molecule has 0 aliphatic heterocycles. The molecule has 0 saturated heterocycles. The number of nitrogens with one attached hydrogen (secondary N) is 3. The van der Waals surface area contributed by atoms with Crippen molar-refractivity contribution in [2.45, 2.75) is 0 Å². The predicted octanol–water partition coefficient (Wildman–Crippen LogP) is 3.21. The molecule has 19 heavy (non-hydrogen) atoms. The lowest BCUT2D eigenvalue weighted by Crippen LogP contribution is -2.19. The zero-order valence-corrected chi connectivity index (χ0v) is 10.1. The van der Waals surface area contributed by atoms with Gasteiger partial charge in [0.15, 0.2) is 5.82 Å². The lowest BCUT2D eigenvalue weighted by Gasteiger charge is -2.05. The third kappa shape index (κ3) is 2.40. The SMILES string of the molecule is O=C(Nc1ccccc1)Nc1n[nH]c2ccccc12. The van der Waals surface area contributed by atoms with Gasteiger partial charge in [0, 0.05) is 11.1 Å². The summed E-state index contributed by atoms with van der Waals surface area (Å²) in [5.41, 5.74) is 1.62. The number of rotatable bonds is 2. The Morgan fingerprint density at radius 1 is 0.947 bits per heavy atom. The van der Waals surface area contributed by atoms with E-state index < -0.39 is 0 Å². The number of fused-ring (bicyclic) bond motifs is 1. The Morgan fingerprint density at radius 2 is 1.68 bits per heavy atom. The smallest absolute Gasteiger partial charge is 0.308 e. The van der Waals surface area contributed by atoms with Gasteiger partial charge < -0.3 is 5.32 Å². The van der Waals surface area contributed by atoms with E-state index >= 15 is 0 Å². The average molecular weight is 252 g/mol. The Hall–Kier alpha value is -2.82. The van der Waals surface area contributed by atoms with Gasteiger partial charge in [-0.05, 0) is 24.3 Å². The highest BCUT2D eigenvalue weighted by Gasteiger charge is 2.08. The number of nitrogens with zero attached hydrogens (tertiary/aromatic N) is 1. The Morgan fingerprint density at radius 3 is 2.53 bits per heavy atom. The van der Waals surface area contributed by atoms with Crippen LogP contribution in [0.3, 0.4) is 0 Å². The summed E-state index contributed by atoms with van der Waals surface area (Å²) < 4.78 is 0. The summed E-state index contributed by atoms with van der Waals surface area (Å²) in [5, 5.41) is 13.3. The summed E-state index contributed by atoms with van der Waals surface area (Å²) in [6.07, 6.45) is 0. The van der Waals surface area contributed by atoms with E-state index in [0.29, 0.717) is 5.82 Å². The fraction of sp³-hybridized carbons (Fsp3) is 0. The quantitative estimate of drug-likeness (QED) is 0.655.